The summed E-state index contributed by atoms with van der Waals surface area (Å²) in [5.41, 5.74) is 3.92. The molecule has 5 heteroatoms. The molecule has 0 bridgehead atoms. The van der Waals surface area contributed by atoms with Gasteiger partial charge in [0.05, 0.1) is 12.6 Å². The monoisotopic (exact) mass is 291 g/mol. The van der Waals surface area contributed by atoms with E-state index in [1.807, 2.05) is 0 Å². The summed E-state index contributed by atoms with van der Waals surface area (Å²) in [6.07, 6.45) is 1.08. The molecular formula is C16H25N3O2. The van der Waals surface area contributed by atoms with Crippen LogP contribution in [0, 0.1) is 0 Å². The van der Waals surface area contributed by atoms with Crippen molar-refractivity contribution in [2.75, 3.05) is 45.8 Å². The lowest BCUT2D eigenvalue weighted by Crippen LogP contribution is -2.21. The van der Waals surface area contributed by atoms with Crippen LogP contribution in [0.15, 0.2) is 12.1 Å². The molecule has 0 spiro atoms. The molecule has 0 aliphatic carbocycles. The highest BCUT2D eigenvalue weighted by atomic mass is 16.5. The molecule has 1 aromatic rings. The number of likely N-dealkylation sites (N-methyl/N-ethyl adjacent to an activating group) is 1. The van der Waals surface area contributed by atoms with Gasteiger partial charge in [0.2, 0.25) is 0 Å². The minimum Gasteiger partial charge on any atom is -0.492 e. The summed E-state index contributed by atoms with van der Waals surface area (Å²) in [4.78, 5) is 2.13. The van der Waals surface area contributed by atoms with Gasteiger partial charge >= 0.3 is 0 Å². The minimum atomic E-state index is 0.423. The van der Waals surface area contributed by atoms with E-state index in [0.29, 0.717) is 12.6 Å². The highest BCUT2D eigenvalue weighted by Crippen LogP contribution is 2.31. The van der Waals surface area contributed by atoms with Crippen LogP contribution in [-0.4, -0.2) is 51.4 Å². The van der Waals surface area contributed by atoms with Gasteiger partial charge in [-0.15, -0.1) is 0 Å². The fraction of sp³-hybridized carbons (Fsp3) is 0.625. The molecule has 5 nitrogen and oxygen atoms in total. The van der Waals surface area contributed by atoms with Gasteiger partial charge in [0.25, 0.3) is 0 Å². The number of nitrogens with zero attached hydrogens (tertiary/aromatic N) is 1. The maximum Gasteiger partial charge on any atom is 0.121 e. The van der Waals surface area contributed by atoms with E-state index in [1.54, 1.807) is 0 Å². The van der Waals surface area contributed by atoms with E-state index in [4.69, 9.17) is 9.47 Å². The number of hydrogen-bond donors (Lipinski definition) is 2. The number of hydrogen-bond acceptors (Lipinski definition) is 5. The van der Waals surface area contributed by atoms with Crippen LogP contribution in [0.3, 0.4) is 0 Å². The Morgan fingerprint density at radius 1 is 1.38 bits per heavy atom. The van der Waals surface area contributed by atoms with E-state index in [9.17, 15) is 0 Å². The maximum atomic E-state index is 5.91. The maximum absolute atomic E-state index is 5.91. The molecule has 21 heavy (non-hydrogen) atoms. The third-order valence-corrected chi connectivity index (χ3v) is 4.03. The van der Waals surface area contributed by atoms with Gasteiger partial charge in [-0.05, 0) is 37.7 Å². The Labute approximate surface area is 126 Å². The third kappa shape index (κ3) is 3.67. The van der Waals surface area contributed by atoms with E-state index in [2.05, 4.69) is 41.8 Å². The van der Waals surface area contributed by atoms with Crippen LogP contribution in [0.1, 0.15) is 17.5 Å². The highest BCUT2D eigenvalue weighted by Gasteiger charge is 2.21. The van der Waals surface area contributed by atoms with Crippen LogP contribution in [0.25, 0.3) is 0 Å². The second-order valence-corrected chi connectivity index (χ2v) is 6.07. The van der Waals surface area contributed by atoms with E-state index in [-0.39, 0.29) is 0 Å². The molecule has 0 saturated carbocycles. The average molecular weight is 291 g/mol. The van der Waals surface area contributed by atoms with Crippen LogP contribution >= 0.6 is 0 Å². The van der Waals surface area contributed by atoms with Crippen molar-refractivity contribution in [1.82, 2.24) is 10.2 Å². The summed E-state index contributed by atoms with van der Waals surface area (Å²) in [7, 11) is 4.12. The van der Waals surface area contributed by atoms with Gasteiger partial charge in [0, 0.05) is 38.0 Å². The van der Waals surface area contributed by atoms with Crippen molar-refractivity contribution in [3.05, 3.63) is 23.3 Å². The lowest BCUT2D eigenvalue weighted by Gasteiger charge is -2.18. The van der Waals surface area contributed by atoms with Gasteiger partial charge in [-0.3, -0.25) is 0 Å². The van der Waals surface area contributed by atoms with Crippen molar-refractivity contribution in [3.63, 3.8) is 0 Å². The third-order valence-electron chi connectivity index (χ3n) is 4.03. The second kappa shape index (κ2) is 6.64. The standard InChI is InChI=1S/C16H25N3O2/c1-19(2)4-6-21-14-7-12-9-17-10-15(12)16(8-14)18-13-3-5-20-11-13/h7-8,13,17-18H,3-6,9-11H2,1-2H3/t13-/m1/s1. The summed E-state index contributed by atoms with van der Waals surface area (Å²) in [5.74, 6) is 0.959. The molecule has 2 aliphatic rings. The normalized spacial score (nSPS) is 20.8. The molecule has 2 N–H and O–H groups in total. The zero-order valence-electron chi connectivity index (χ0n) is 12.9. The van der Waals surface area contributed by atoms with Gasteiger partial charge in [-0.25, -0.2) is 0 Å². The average Bonchev–Trinajstić information content (AvgIpc) is 3.09. The molecule has 0 aromatic heterocycles. The first-order valence-corrected chi connectivity index (χ1v) is 7.70. The van der Waals surface area contributed by atoms with Crippen molar-refractivity contribution in [2.24, 2.45) is 0 Å². The Bertz CT molecular complexity index is 485. The van der Waals surface area contributed by atoms with Crippen molar-refractivity contribution in [1.29, 1.82) is 0 Å². The molecule has 3 rings (SSSR count). The number of fused-ring (bicyclic) bond motifs is 1. The van der Waals surface area contributed by atoms with Gasteiger partial charge in [-0.2, -0.15) is 0 Å². The molecule has 0 amide bonds. The Kier molecular flexibility index (Phi) is 4.63. The molecule has 0 unspecified atom stereocenters. The predicted octanol–water partition coefficient (Wildman–Crippen LogP) is 1.43. The molecule has 2 heterocycles. The number of benzene rings is 1. The minimum absolute atomic E-state index is 0.423. The van der Waals surface area contributed by atoms with Crippen molar-refractivity contribution < 1.29 is 9.47 Å². The SMILES string of the molecule is CN(C)CCOc1cc2c(c(N[C@@H]3CCOC3)c1)CNC2. The van der Waals surface area contributed by atoms with E-state index in [0.717, 1.165) is 45.0 Å². The summed E-state index contributed by atoms with van der Waals surface area (Å²) in [6.45, 7) is 5.16. The Hall–Kier alpha value is -1.30. The number of ether oxygens (including phenoxy) is 2. The zero-order valence-corrected chi connectivity index (χ0v) is 12.9. The number of anilines is 1. The lowest BCUT2D eigenvalue weighted by molar-refractivity contribution is 0.195. The van der Waals surface area contributed by atoms with Crippen LogP contribution in [-0.2, 0) is 17.8 Å². The van der Waals surface area contributed by atoms with Crippen LogP contribution in [0.2, 0.25) is 0 Å². The molecule has 1 fully saturated rings. The molecule has 0 radical (unpaired) electrons. The van der Waals surface area contributed by atoms with Crippen LogP contribution < -0.4 is 15.4 Å². The van der Waals surface area contributed by atoms with Crippen molar-refractivity contribution in [3.8, 4) is 5.75 Å². The summed E-state index contributed by atoms with van der Waals surface area (Å²) in [6, 6.07) is 4.73. The highest BCUT2D eigenvalue weighted by molar-refractivity contribution is 5.60. The topological polar surface area (TPSA) is 45.8 Å². The van der Waals surface area contributed by atoms with Crippen molar-refractivity contribution >= 4 is 5.69 Å². The predicted molar refractivity (Wildman–Crippen MR) is 83.9 cm³/mol. The fourth-order valence-electron chi connectivity index (χ4n) is 2.82. The van der Waals surface area contributed by atoms with Gasteiger partial charge < -0.3 is 25.0 Å². The van der Waals surface area contributed by atoms with E-state index in [1.165, 1.54) is 16.8 Å². The quantitative estimate of drug-likeness (QED) is 0.830. The summed E-state index contributed by atoms with van der Waals surface area (Å²) >= 11 is 0. The number of nitrogens with one attached hydrogen (secondary N) is 2. The van der Waals surface area contributed by atoms with Crippen LogP contribution in [0.5, 0.6) is 5.75 Å². The summed E-state index contributed by atoms with van der Waals surface area (Å²) < 4.78 is 11.4. The molecule has 1 aromatic carbocycles. The second-order valence-electron chi connectivity index (χ2n) is 6.07. The Morgan fingerprint density at radius 3 is 3.05 bits per heavy atom. The van der Waals surface area contributed by atoms with Crippen molar-refractivity contribution in [2.45, 2.75) is 25.6 Å². The van der Waals surface area contributed by atoms with Crippen LogP contribution in [0.4, 0.5) is 5.69 Å². The fourth-order valence-corrected chi connectivity index (χ4v) is 2.82. The molecule has 1 saturated heterocycles. The zero-order chi connectivity index (χ0) is 14.7. The smallest absolute Gasteiger partial charge is 0.121 e. The lowest BCUT2D eigenvalue weighted by atomic mass is 10.1. The molecular weight excluding hydrogens is 266 g/mol. The Balaban J connectivity index is 1.72. The largest absolute Gasteiger partial charge is 0.492 e. The van der Waals surface area contributed by atoms with Gasteiger partial charge in [0.15, 0.2) is 0 Å². The first-order valence-electron chi connectivity index (χ1n) is 7.70. The van der Waals surface area contributed by atoms with E-state index < -0.39 is 0 Å². The summed E-state index contributed by atoms with van der Waals surface area (Å²) in [5, 5.41) is 7.04. The molecule has 1 atom stereocenters. The first kappa shape index (κ1) is 14.6. The first-order chi connectivity index (χ1) is 10.2. The number of rotatable bonds is 6. The molecule has 2 aliphatic heterocycles. The Morgan fingerprint density at radius 2 is 2.29 bits per heavy atom. The van der Waals surface area contributed by atoms with E-state index >= 15 is 0 Å². The van der Waals surface area contributed by atoms with Gasteiger partial charge in [0.1, 0.15) is 12.4 Å². The molecule has 116 valence electrons. The van der Waals surface area contributed by atoms with Gasteiger partial charge in [-0.1, -0.05) is 0 Å².